The maximum Gasteiger partial charge on any atom is 0.269 e. The second kappa shape index (κ2) is 3.20. The summed E-state index contributed by atoms with van der Waals surface area (Å²) in [5, 5.41) is 0. The third-order valence-electron chi connectivity index (χ3n) is 1.24. The van der Waals surface area contributed by atoms with Crippen molar-refractivity contribution >= 4 is 10.1 Å². The van der Waals surface area contributed by atoms with Gasteiger partial charge in [-0.3, -0.25) is 4.55 Å². The SMILES string of the molecule is O=S(=O)(O)Cc1cccc(F)c1. The summed E-state index contributed by atoms with van der Waals surface area (Å²) >= 11 is 0. The lowest BCUT2D eigenvalue weighted by Gasteiger charge is -1.96. The quantitative estimate of drug-likeness (QED) is 0.713. The van der Waals surface area contributed by atoms with E-state index in [0.29, 0.717) is 0 Å². The van der Waals surface area contributed by atoms with E-state index in [1.165, 1.54) is 18.2 Å². The molecule has 3 nitrogen and oxygen atoms in total. The molecule has 0 bridgehead atoms. The number of benzene rings is 1. The van der Waals surface area contributed by atoms with Gasteiger partial charge in [-0.15, -0.1) is 0 Å². The lowest BCUT2D eigenvalue weighted by Crippen LogP contribution is -2.01. The van der Waals surface area contributed by atoms with Crippen LogP contribution in [0.4, 0.5) is 4.39 Å². The second-order valence-corrected chi connectivity index (χ2v) is 3.81. The van der Waals surface area contributed by atoms with E-state index in [0.717, 1.165) is 6.07 Å². The molecule has 5 heteroatoms. The van der Waals surface area contributed by atoms with Crippen molar-refractivity contribution in [1.82, 2.24) is 0 Å². The molecule has 1 aromatic carbocycles. The molecule has 1 N–H and O–H groups in total. The van der Waals surface area contributed by atoms with Gasteiger partial charge in [-0.2, -0.15) is 8.42 Å². The Morgan fingerprint density at radius 2 is 2.08 bits per heavy atom. The zero-order valence-electron chi connectivity index (χ0n) is 6.07. The highest BCUT2D eigenvalue weighted by Gasteiger charge is 2.06. The minimum atomic E-state index is -4.06. The first-order valence-corrected chi connectivity index (χ1v) is 4.78. The first-order chi connectivity index (χ1) is 5.47. The summed E-state index contributed by atoms with van der Waals surface area (Å²) < 4.78 is 41.6. The first-order valence-electron chi connectivity index (χ1n) is 3.17. The molecule has 0 aliphatic heterocycles. The minimum absolute atomic E-state index is 0.234. The molecule has 0 atom stereocenters. The summed E-state index contributed by atoms with van der Waals surface area (Å²) in [6.45, 7) is 0. The highest BCUT2D eigenvalue weighted by Crippen LogP contribution is 2.06. The summed E-state index contributed by atoms with van der Waals surface area (Å²) in [5.74, 6) is -1.07. The second-order valence-electron chi connectivity index (χ2n) is 2.36. The molecular weight excluding hydrogens is 183 g/mol. The highest BCUT2D eigenvalue weighted by molar-refractivity contribution is 7.85. The molecule has 12 heavy (non-hydrogen) atoms. The number of hydrogen-bond acceptors (Lipinski definition) is 2. The van der Waals surface area contributed by atoms with Crippen LogP contribution in [0.2, 0.25) is 0 Å². The van der Waals surface area contributed by atoms with Gasteiger partial charge in [0.15, 0.2) is 0 Å². The highest BCUT2D eigenvalue weighted by atomic mass is 32.2. The van der Waals surface area contributed by atoms with Crippen LogP contribution in [0.1, 0.15) is 5.56 Å². The van der Waals surface area contributed by atoms with Crippen LogP contribution in [0.5, 0.6) is 0 Å². The number of hydrogen-bond donors (Lipinski definition) is 1. The predicted molar refractivity (Wildman–Crippen MR) is 41.7 cm³/mol. The first kappa shape index (κ1) is 9.15. The monoisotopic (exact) mass is 190 g/mol. The normalized spacial score (nSPS) is 11.5. The molecular formula is C7H7FO3S. The fourth-order valence-corrected chi connectivity index (χ4v) is 1.44. The zero-order valence-corrected chi connectivity index (χ0v) is 6.88. The Labute approximate surface area is 69.6 Å². The summed E-state index contributed by atoms with van der Waals surface area (Å²) in [7, 11) is -4.06. The van der Waals surface area contributed by atoms with Crippen LogP contribution < -0.4 is 0 Å². The van der Waals surface area contributed by atoms with E-state index < -0.39 is 21.7 Å². The van der Waals surface area contributed by atoms with Gasteiger partial charge in [0.2, 0.25) is 0 Å². The van der Waals surface area contributed by atoms with E-state index in [9.17, 15) is 12.8 Å². The molecule has 1 aromatic rings. The van der Waals surface area contributed by atoms with E-state index in [-0.39, 0.29) is 5.56 Å². The van der Waals surface area contributed by atoms with Gasteiger partial charge in [-0.1, -0.05) is 12.1 Å². The Hall–Kier alpha value is -0.940. The Bertz CT molecular complexity index is 372. The minimum Gasteiger partial charge on any atom is -0.285 e. The van der Waals surface area contributed by atoms with E-state index in [2.05, 4.69) is 0 Å². The zero-order chi connectivity index (χ0) is 9.19. The van der Waals surface area contributed by atoms with Crippen molar-refractivity contribution in [3.05, 3.63) is 35.6 Å². The lowest BCUT2D eigenvalue weighted by molar-refractivity contribution is 0.482. The predicted octanol–water partition coefficient (Wildman–Crippen LogP) is 1.21. The van der Waals surface area contributed by atoms with Gasteiger partial charge < -0.3 is 0 Å². The Morgan fingerprint density at radius 1 is 1.42 bits per heavy atom. The summed E-state index contributed by atoms with van der Waals surface area (Å²) in [6.07, 6.45) is 0. The third-order valence-corrected chi connectivity index (χ3v) is 1.94. The summed E-state index contributed by atoms with van der Waals surface area (Å²) in [6, 6.07) is 5.08. The van der Waals surface area contributed by atoms with E-state index >= 15 is 0 Å². The summed E-state index contributed by atoms with van der Waals surface area (Å²) in [5.41, 5.74) is 0.234. The number of rotatable bonds is 2. The molecule has 66 valence electrons. The van der Waals surface area contributed by atoms with Crippen LogP contribution >= 0.6 is 0 Å². The Balaban J connectivity index is 2.91. The molecule has 1 rings (SSSR count). The van der Waals surface area contributed by atoms with Crippen molar-refractivity contribution in [3.8, 4) is 0 Å². The van der Waals surface area contributed by atoms with Gasteiger partial charge in [-0.05, 0) is 17.7 Å². The molecule has 0 aromatic heterocycles. The molecule has 0 heterocycles. The lowest BCUT2D eigenvalue weighted by atomic mass is 10.2. The van der Waals surface area contributed by atoms with Crippen LogP contribution in [-0.2, 0) is 15.9 Å². The van der Waals surface area contributed by atoms with Crippen LogP contribution in [0.3, 0.4) is 0 Å². The molecule has 0 saturated heterocycles. The fraction of sp³-hybridized carbons (Fsp3) is 0.143. The summed E-state index contributed by atoms with van der Waals surface area (Å²) in [4.78, 5) is 0. The average Bonchev–Trinajstić information content (AvgIpc) is 1.82. The molecule has 0 radical (unpaired) electrons. The third kappa shape index (κ3) is 2.98. The largest absolute Gasteiger partial charge is 0.285 e. The van der Waals surface area contributed by atoms with Gasteiger partial charge in [0.05, 0.1) is 0 Å². The van der Waals surface area contributed by atoms with E-state index in [1.54, 1.807) is 0 Å². The van der Waals surface area contributed by atoms with Crippen molar-refractivity contribution in [2.45, 2.75) is 5.75 Å². The standard InChI is InChI=1S/C7H7FO3S/c8-7-3-1-2-6(4-7)5-12(9,10)11/h1-4H,5H2,(H,9,10,11). The Morgan fingerprint density at radius 3 is 2.58 bits per heavy atom. The van der Waals surface area contributed by atoms with Crippen LogP contribution in [0, 0.1) is 5.82 Å². The van der Waals surface area contributed by atoms with Gasteiger partial charge in [0.25, 0.3) is 10.1 Å². The van der Waals surface area contributed by atoms with Crippen molar-refractivity contribution in [3.63, 3.8) is 0 Å². The fourth-order valence-electron chi connectivity index (χ4n) is 0.837. The van der Waals surface area contributed by atoms with Gasteiger partial charge in [0.1, 0.15) is 11.6 Å². The molecule has 0 aliphatic carbocycles. The Kier molecular flexibility index (Phi) is 2.44. The van der Waals surface area contributed by atoms with Crippen molar-refractivity contribution in [2.75, 3.05) is 0 Å². The van der Waals surface area contributed by atoms with E-state index in [1.807, 2.05) is 0 Å². The average molecular weight is 190 g/mol. The maximum atomic E-state index is 12.5. The van der Waals surface area contributed by atoms with Crippen molar-refractivity contribution < 1.29 is 17.4 Å². The molecule has 0 saturated carbocycles. The van der Waals surface area contributed by atoms with Crippen molar-refractivity contribution in [2.24, 2.45) is 0 Å². The molecule has 0 fully saturated rings. The van der Waals surface area contributed by atoms with Gasteiger partial charge in [-0.25, -0.2) is 4.39 Å². The maximum absolute atomic E-state index is 12.5. The van der Waals surface area contributed by atoms with E-state index in [4.69, 9.17) is 4.55 Å². The smallest absolute Gasteiger partial charge is 0.269 e. The van der Waals surface area contributed by atoms with Crippen LogP contribution in [0.15, 0.2) is 24.3 Å². The molecule has 0 amide bonds. The molecule has 0 spiro atoms. The van der Waals surface area contributed by atoms with Crippen molar-refractivity contribution in [1.29, 1.82) is 0 Å². The molecule has 0 aliphatic rings. The van der Waals surface area contributed by atoms with Crippen LogP contribution in [-0.4, -0.2) is 13.0 Å². The van der Waals surface area contributed by atoms with Crippen LogP contribution in [0.25, 0.3) is 0 Å². The topological polar surface area (TPSA) is 54.4 Å². The van der Waals surface area contributed by atoms with Gasteiger partial charge in [0, 0.05) is 0 Å². The number of halogens is 1. The van der Waals surface area contributed by atoms with Gasteiger partial charge >= 0.3 is 0 Å². The molecule has 0 unspecified atom stereocenters.